The van der Waals surface area contributed by atoms with Gasteiger partial charge in [-0.1, -0.05) is 0 Å². The molecule has 1 heterocycles. The number of hydrogen-bond acceptors (Lipinski definition) is 4. The van der Waals surface area contributed by atoms with Gasteiger partial charge in [-0.2, -0.15) is 0 Å². The lowest BCUT2D eigenvalue weighted by molar-refractivity contribution is -0.158. The fraction of sp³-hybridized carbons (Fsp3) is 0.714. The van der Waals surface area contributed by atoms with Gasteiger partial charge in [0.1, 0.15) is 12.1 Å². The van der Waals surface area contributed by atoms with E-state index in [1.54, 1.807) is 6.92 Å². The highest BCUT2D eigenvalue weighted by atomic mass is 16.5. The second kappa shape index (κ2) is 3.10. The van der Waals surface area contributed by atoms with Crippen LogP contribution in [0.2, 0.25) is 0 Å². The Labute approximate surface area is 70.5 Å². The van der Waals surface area contributed by atoms with Gasteiger partial charge in [0, 0.05) is 6.54 Å². The topological polar surface area (TPSA) is 72.6 Å². The highest BCUT2D eigenvalue weighted by Gasteiger charge is 2.39. The van der Waals surface area contributed by atoms with Gasteiger partial charge < -0.3 is 15.4 Å². The monoisotopic (exact) mass is 172 g/mol. The van der Waals surface area contributed by atoms with Crippen molar-refractivity contribution in [2.24, 2.45) is 5.73 Å². The van der Waals surface area contributed by atoms with Gasteiger partial charge in [-0.05, 0) is 6.92 Å². The van der Waals surface area contributed by atoms with Crippen molar-refractivity contribution in [2.45, 2.75) is 19.0 Å². The zero-order valence-electron chi connectivity index (χ0n) is 7.11. The summed E-state index contributed by atoms with van der Waals surface area (Å²) in [5, 5.41) is 0. The number of ether oxygens (including phenoxy) is 1. The molecule has 1 aliphatic heterocycles. The van der Waals surface area contributed by atoms with Crippen LogP contribution in [0.4, 0.5) is 0 Å². The van der Waals surface area contributed by atoms with Crippen molar-refractivity contribution in [3.8, 4) is 0 Å². The standard InChI is InChI=1S/C7H12N2O3/c1-4(7(11)12-2)9-3-5(8)6(9)10/h4-5H,3,8H2,1-2H3. The molecule has 0 radical (unpaired) electrons. The van der Waals surface area contributed by atoms with Crippen LogP contribution in [0.25, 0.3) is 0 Å². The zero-order chi connectivity index (χ0) is 9.30. The van der Waals surface area contributed by atoms with Crippen LogP contribution >= 0.6 is 0 Å². The minimum absolute atomic E-state index is 0.187. The third-order valence-electron chi connectivity index (χ3n) is 2.00. The first-order chi connectivity index (χ1) is 5.57. The average Bonchev–Trinajstić information content (AvgIpc) is 2.10. The van der Waals surface area contributed by atoms with Crippen molar-refractivity contribution in [1.29, 1.82) is 0 Å². The molecule has 68 valence electrons. The van der Waals surface area contributed by atoms with Crippen LogP contribution in [-0.2, 0) is 14.3 Å². The summed E-state index contributed by atoms with van der Waals surface area (Å²) in [5.41, 5.74) is 5.35. The van der Waals surface area contributed by atoms with E-state index < -0.39 is 18.1 Å². The average molecular weight is 172 g/mol. The Balaban J connectivity index is 2.50. The van der Waals surface area contributed by atoms with Crippen molar-refractivity contribution < 1.29 is 14.3 Å². The van der Waals surface area contributed by atoms with Gasteiger partial charge in [0.25, 0.3) is 0 Å². The van der Waals surface area contributed by atoms with Crippen LogP contribution in [0.3, 0.4) is 0 Å². The second-order valence-corrected chi connectivity index (χ2v) is 2.80. The minimum Gasteiger partial charge on any atom is -0.467 e. The van der Waals surface area contributed by atoms with Gasteiger partial charge in [-0.3, -0.25) is 4.79 Å². The first-order valence-corrected chi connectivity index (χ1v) is 3.71. The maximum Gasteiger partial charge on any atom is 0.328 e. The zero-order valence-corrected chi connectivity index (χ0v) is 7.11. The van der Waals surface area contributed by atoms with Crippen LogP contribution in [0.1, 0.15) is 6.92 Å². The molecule has 5 nitrogen and oxygen atoms in total. The largest absolute Gasteiger partial charge is 0.467 e. The summed E-state index contributed by atoms with van der Waals surface area (Å²) in [4.78, 5) is 23.4. The fourth-order valence-electron chi connectivity index (χ4n) is 1.13. The molecule has 1 saturated heterocycles. The van der Waals surface area contributed by atoms with Crippen LogP contribution in [0, 0.1) is 0 Å². The summed E-state index contributed by atoms with van der Waals surface area (Å²) in [7, 11) is 1.29. The normalized spacial score (nSPS) is 24.8. The van der Waals surface area contributed by atoms with E-state index in [1.165, 1.54) is 12.0 Å². The quantitative estimate of drug-likeness (QED) is 0.416. The van der Waals surface area contributed by atoms with E-state index in [-0.39, 0.29) is 5.91 Å². The molecule has 0 aromatic rings. The van der Waals surface area contributed by atoms with Crippen LogP contribution < -0.4 is 5.73 Å². The fourth-order valence-corrected chi connectivity index (χ4v) is 1.13. The number of rotatable bonds is 2. The number of nitrogens with two attached hydrogens (primary N) is 1. The number of hydrogen-bond donors (Lipinski definition) is 1. The molecule has 2 N–H and O–H groups in total. The predicted octanol–water partition coefficient (Wildman–Crippen LogP) is -1.28. The van der Waals surface area contributed by atoms with E-state index in [2.05, 4.69) is 4.74 Å². The van der Waals surface area contributed by atoms with E-state index in [1.807, 2.05) is 0 Å². The van der Waals surface area contributed by atoms with Gasteiger partial charge in [-0.15, -0.1) is 0 Å². The molecule has 0 aliphatic carbocycles. The van der Waals surface area contributed by atoms with Gasteiger partial charge >= 0.3 is 5.97 Å². The molecular formula is C7H12N2O3. The van der Waals surface area contributed by atoms with Gasteiger partial charge in [0.15, 0.2) is 0 Å². The Bertz CT molecular complexity index is 209. The highest BCUT2D eigenvalue weighted by molar-refractivity contribution is 5.92. The molecular weight excluding hydrogens is 160 g/mol. The molecule has 5 heteroatoms. The molecule has 0 saturated carbocycles. The van der Waals surface area contributed by atoms with Crippen molar-refractivity contribution in [1.82, 2.24) is 4.90 Å². The SMILES string of the molecule is COC(=O)C(C)N1CC(N)C1=O. The smallest absolute Gasteiger partial charge is 0.328 e. The maximum absolute atomic E-state index is 11.0. The number of carbonyl (C=O) groups is 2. The number of β-lactam (4-membered cyclic amide) rings is 1. The van der Waals surface area contributed by atoms with Crippen molar-refractivity contribution >= 4 is 11.9 Å². The molecule has 0 aromatic carbocycles. The minimum atomic E-state index is -0.512. The first kappa shape index (κ1) is 8.99. The number of esters is 1. The molecule has 1 fully saturated rings. The van der Waals surface area contributed by atoms with Crippen molar-refractivity contribution in [3.63, 3.8) is 0 Å². The van der Waals surface area contributed by atoms with Gasteiger partial charge in [-0.25, -0.2) is 4.79 Å². The lowest BCUT2D eigenvalue weighted by Crippen LogP contribution is -2.65. The third-order valence-corrected chi connectivity index (χ3v) is 2.00. The summed E-state index contributed by atoms with van der Waals surface area (Å²) >= 11 is 0. The predicted molar refractivity (Wildman–Crippen MR) is 41.2 cm³/mol. The molecule has 12 heavy (non-hydrogen) atoms. The van der Waals surface area contributed by atoms with Crippen molar-refractivity contribution in [2.75, 3.05) is 13.7 Å². The lowest BCUT2D eigenvalue weighted by atomic mass is 10.1. The van der Waals surface area contributed by atoms with Gasteiger partial charge in [0.05, 0.1) is 7.11 Å². The molecule has 2 atom stereocenters. The van der Waals surface area contributed by atoms with E-state index in [0.717, 1.165) is 0 Å². The number of nitrogens with zero attached hydrogens (tertiary/aromatic N) is 1. The lowest BCUT2D eigenvalue weighted by Gasteiger charge is -2.39. The van der Waals surface area contributed by atoms with Crippen LogP contribution in [0.15, 0.2) is 0 Å². The Kier molecular flexibility index (Phi) is 2.32. The van der Waals surface area contributed by atoms with E-state index in [9.17, 15) is 9.59 Å². The van der Waals surface area contributed by atoms with E-state index in [0.29, 0.717) is 6.54 Å². The summed E-state index contributed by atoms with van der Waals surface area (Å²) in [5.74, 6) is -0.594. The summed E-state index contributed by atoms with van der Waals surface area (Å²) in [6.45, 7) is 2.06. The highest BCUT2D eigenvalue weighted by Crippen LogP contribution is 2.12. The molecule has 0 aromatic heterocycles. The molecule has 0 spiro atoms. The van der Waals surface area contributed by atoms with E-state index in [4.69, 9.17) is 5.73 Å². The molecule has 1 aliphatic rings. The number of methoxy groups -OCH3 is 1. The number of amides is 1. The Morgan fingerprint density at radius 3 is 2.75 bits per heavy atom. The number of carbonyl (C=O) groups excluding carboxylic acids is 2. The van der Waals surface area contributed by atoms with Crippen LogP contribution in [-0.4, -0.2) is 42.5 Å². The molecule has 1 rings (SSSR count). The Morgan fingerprint density at radius 2 is 2.42 bits per heavy atom. The van der Waals surface area contributed by atoms with Gasteiger partial charge in [0.2, 0.25) is 5.91 Å². The Hall–Kier alpha value is -1.10. The molecule has 1 amide bonds. The summed E-state index contributed by atoms with van der Waals surface area (Å²) in [6.07, 6.45) is 0. The second-order valence-electron chi connectivity index (χ2n) is 2.80. The number of likely N-dealkylation sites (tertiary alicyclic amines) is 1. The first-order valence-electron chi connectivity index (χ1n) is 3.71. The summed E-state index contributed by atoms with van der Waals surface area (Å²) < 4.78 is 4.48. The van der Waals surface area contributed by atoms with Crippen LogP contribution in [0.5, 0.6) is 0 Å². The Morgan fingerprint density at radius 1 is 1.83 bits per heavy atom. The third kappa shape index (κ3) is 1.27. The van der Waals surface area contributed by atoms with Crippen molar-refractivity contribution in [3.05, 3.63) is 0 Å². The van der Waals surface area contributed by atoms with E-state index >= 15 is 0 Å². The summed E-state index contributed by atoms with van der Waals surface area (Å²) in [6, 6.07) is -0.945. The molecule has 0 bridgehead atoms. The maximum atomic E-state index is 11.0. The molecule has 2 unspecified atom stereocenters.